The van der Waals surface area contributed by atoms with Gasteiger partial charge < -0.3 is 21.1 Å². The number of ether oxygens (including phenoxy) is 1. The maximum atomic E-state index is 12.5. The number of nitrogens with two attached hydrogens (primary N) is 1. The summed E-state index contributed by atoms with van der Waals surface area (Å²) in [5.74, 6) is -1.02. The van der Waals surface area contributed by atoms with Gasteiger partial charge in [0.15, 0.2) is 0 Å². The number of aryl methyl sites for hydroxylation is 1. The molecular weight excluding hydrogens is 384 g/mol. The van der Waals surface area contributed by atoms with Crippen LogP contribution < -0.4 is 16.4 Å². The van der Waals surface area contributed by atoms with Gasteiger partial charge in [0, 0.05) is 30.6 Å². The molecule has 0 aromatic heterocycles. The highest BCUT2D eigenvalue weighted by Gasteiger charge is 2.16. The number of rotatable bonds is 10. The average molecular weight is 412 g/mol. The van der Waals surface area contributed by atoms with Crippen molar-refractivity contribution in [2.45, 2.75) is 13.8 Å². The molecule has 0 fully saturated rings. The first-order valence-corrected chi connectivity index (χ1v) is 9.57. The molecule has 3 amide bonds. The Hall–Kier alpha value is -3.23. The van der Waals surface area contributed by atoms with Crippen molar-refractivity contribution >= 4 is 29.1 Å². The molecule has 0 unspecified atom stereocenters. The van der Waals surface area contributed by atoms with Crippen LogP contribution in [0.2, 0.25) is 0 Å². The van der Waals surface area contributed by atoms with Crippen LogP contribution in [0, 0.1) is 13.8 Å². The topological polar surface area (TPSA) is 114 Å². The number of hydrogen-bond donors (Lipinski definition) is 3. The Morgan fingerprint density at radius 1 is 0.967 bits per heavy atom. The van der Waals surface area contributed by atoms with Crippen molar-refractivity contribution in [1.82, 2.24) is 4.90 Å². The Kier molecular flexibility index (Phi) is 8.52. The Bertz CT molecular complexity index is 897. The van der Waals surface area contributed by atoms with E-state index < -0.39 is 5.91 Å². The van der Waals surface area contributed by atoms with Crippen molar-refractivity contribution < 1.29 is 19.1 Å². The van der Waals surface area contributed by atoms with Gasteiger partial charge in [-0.25, -0.2) is 0 Å². The number of carbonyl (C=O) groups is 3. The first-order valence-electron chi connectivity index (χ1n) is 9.57. The molecule has 0 saturated heterocycles. The largest absolute Gasteiger partial charge is 0.383 e. The third kappa shape index (κ3) is 6.98. The van der Waals surface area contributed by atoms with E-state index in [2.05, 4.69) is 10.6 Å². The predicted molar refractivity (Wildman–Crippen MR) is 116 cm³/mol. The summed E-state index contributed by atoms with van der Waals surface area (Å²) in [7, 11) is 1.56. The first-order chi connectivity index (χ1) is 14.3. The molecular formula is C22H28N4O4. The Morgan fingerprint density at radius 3 is 2.20 bits per heavy atom. The van der Waals surface area contributed by atoms with Gasteiger partial charge in [-0.15, -0.1) is 0 Å². The molecule has 8 heteroatoms. The molecule has 0 bridgehead atoms. The monoisotopic (exact) mass is 412 g/mol. The van der Waals surface area contributed by atoms with Crippen LogP contribution in [-0.4, -0.2) is 56.0 Å². The second-order valence-corrected chi connectivity index (χ2v) is 6.99. The van der Waals surface area contributed by atoms with Gasteiger partial charge in [0.2, 0.25) is 17.7 Å². The van der Waals surface area contributed by atoms with Crippen LogP contribution in [0.1, 0.15) is 21.5 Å². The molecule has 160 valence electrons. The van der Waals surface area contributed by atoms with E-state index in [1.165, 1.54) is 12.1 Å². The molecule has 0 spiro atoms. The molecule has 0 radical (unpaired) electrons. The molecule has 2 aromatic carbocycles. The lowest BCUT2D eigenvalue weighted by molar-refractivity contribution is -0.120. The lowest BCUT2D eigenvalue weighted by Crippen LogP contribution is -2.40. The van der Waals surface area contributed by atoms with Crippen LogP contribution in [0.4, 0.5) is 11.4 Å². The highest BCUT2D eigenvalue weighted by molar-refractivity contribution is 5.96. The smallest absolute Gasteiger partial charge is 0.248 e. The van der Waals surface area contributed by atoms with Crippen molar-refractivity contribution in [3.8, 4) is 0 Å². The fourth-order valence-electron chi connectivity index (χ4n) is 2.84. The Labute approximate surface area is 176 Å². The van der Waals surface area contributed by atoms with Crippen molar-refractivity contribution in [2.24, 2.45) is 5.73 Å². The van der Waals surface area contributed by atoms with Crippen LogP contribution in [0.3, 0.4) is 0 Å². The number of anilines is 2. The fraction of sp³-hybridized carbons (Fsp3) is 0.318. The summed E-state index contributed by atoms with van der Waals surface area (Å²) < 4.78 is 5.09. The zero-order chi connectivity index (χ0) is 22.1. The number of amides is 3. The van der Waals surface area contributed by atoms with Crippen LogP contribution >= 0.6 is 0 Å². The highest BCUT2D eigenvalue weighted by Crippen LogP contribution is 2.17. The van der Waals surface area contributed by atoms with Crippen molar-refractivity contribution in [3.63, 3.8) is 0 Å². The van der Waals surface area contributed by atoms with Gasteiger partial charge in [0.25, 0.3) is 0 Å². The first kappa shape index (κ1) is 23.1. The molecule has 8 nitrogen and oxygen atoms in total. The van der Waals surface area contributed by atoms with Crippen molar-refractivity contribution in [2.75, 3.05) is 44.0 Å². The van der Waals surface area contributed by atoms with E-state index in [9.17, 15) is 14.4 Å². The summed E-state index contributed by atoms with van der Waals surface area (Å²) in [6, 6.07) is 12.0. The number of nitrogens with zero attached hydrogens (tertiary/aromatic N) is 1. The predicted octanol–water partition coefficient (Wildman–Crippen LogP) is 1.93. The summed E-state index contributed by atoms with van der Waals surface area (Å²) in [4.78, 5) is 37.8. The van der Waals surface area contributed by atoms with E-state index >= 15 is 0 Å². The Morgan fingerprint density at radius 2 is 1.60 bits per heavy atom. The van der Waals surface area contributed by atoms with E-state index in [-0.39, 0.29) is 24.9 Å². The number of carbonyl (C=O) groups excluding carboxylic acids is 3. The molecule has 0 atom stereocenters. The third-order valence-corrected chi connectivity index (χ3v) is 4.68. The van der Waals surface area contributed by atoms with Crippen molar-refractivity contribution in [1.29, 1.82) is 0 Å². The highest BCUT2D eigenvalue weighted by atomic mass is 16.5. The normalized spacial score (nSPS) is 10.7. The summed E-state index contributed by atoms with van der Waals surface area (Å²) >= 11 is 0. The molecule has 0 aliphatic rings. The van der Waals surface area contributed by atoms with E-state index in [0.717, 1.165) is 16.8 Å². The third-order valence-electron chi connectivity index (χ3n) is 4.68. The molecule has 4 N–H and O–H groups in total. The zero-order valence-electron chi connectivity index (χ0n) is 17.5. The van der Waals surface area contributed by atoms with Crippen LogP contribution in [0.15, 0.2) is 42.5 Å². The van der Waals surface area contributed by atoms with Crippen molar-refractivity contribution in [3.05, 3.63) is 59.2 Å². The van der Waals surface area contributed by atoms with Gasteiger partial charge >= 0.3 is 0 Å². The van der Waals surface area contributed by atoms with E-state index in [4.69, 9.17) is 10.5 Å². The van der Waals surface area contributed by atoms with Crippen LogP contribution in [-0.2, 0) is 14.3 Å². The number of benzene rings is 2. The molecule has 30 heavy (non-hydrogen) atoms. The van der Waals surface area contributed by atoms with Gasteiger partial charge in [-0.2, -0.15) is 0 Å². The standard InChI is InChI=1S/C22H28N4O4/c1-15-5-4-6-19(16(15)2)25-21(28)14-26(11-12-30-3)13-20(27)24-18-9-7-17(8-10-18)22(23)29/h4-10H,11-14H2,1-3H3,(H2,23,29)(H,24,27)(H,25,28). The molecule has 0 aliphatic heterocycles. The second-order valence-electron chi connectivity index (χ2n) is 6.99. The van der Waals surface area contributed by atoms with Gasteiger partial charge in [0.05, 0.1) is 19.7 Å². The maximum Gasteiger partial charge on any atom is 0.248 e. The number of primary amides is 1. The molecule has 2 rings (SSSR count). The van der Waals surface area contributed by atoms with Gasteiger partial charge in [-0.3, -0.25) is 19.3 Å². The maximum absolute atomic E-state index is 12.5. The second kappa shape index (κ2) is 11.1. The average Bonchev–Trinajstić information content (AvgIpc) is 2.70. The lowest BCUT2D eigenvalue weighted by atomic mass is 10.1. The summed E-state index contributed by atoms with van der Waals surface area (Å²) in [5.41, 5.74) is 8.96. The van der Waals surface area contributed by atoms with E-state index in [1.807, 2.05) is 32.0 Å². The minimum Gasteiger partial charge on any atom is -0.383 e. The number of nitrogens with one attached hydrogen (secondary N) is 2. The molecule has 0 heterocycles. The number of hydrogen-bond acceptors (Lipinski definition) is 5. The lowest BCUT2D eigenvalue weighted by Gasteiger charge is -2.21. The van der Waals surface area contributed by atoms with Gasteiger partial charge in [-0.05, 0) is 55.3 Å². The van der Waals surface area contributed by atoms with E-state index in [1.54, 1.807) is 24.1 Å². The van der Waals surface area contributed by atoms with Crippen LogP contribution in [0.5, 0.6) is 0 Å². The number of methoxy groups -OCH3 is 1. The summed E-state index contributed by atoms with van der Waals surface area (Å²) in [6.07, 6.45) is 0. The summed E-state index contributed by atoms with van der Waals surface area (Å²) in [6.45, 7) is 4.80. The zero-order valence-corrected chi connectivity index (χ0v) is 17.5. The van der Waals surface area contributed by atoms with Gasteiger partial charge in [0.1, 0.15) is 0 Å². The molecule has 2 aromatic rings. The Balaban J connectivity index is 1.96. The SMILES string of the molecule is COCCN(CC(=O)Nc1ccc(C(N)=O)cc1)CC(=O)Nc1cccc(C)c1C. The quantitative estimate of drug-likeness (QED) is 0.552. The molecule has 0 aliphatic carbocycles. The van der Waals surface area contributed by atoms with E-state index in [0.29, 0.717) is 24.4 Å². The van der Waals surface area contributed by atoms with Crippen LogP contribution in [0.25, 0.3) is 0 Å². The minimum absolute atomic E-state index is 0.0150. The minimum atomic E-state index is -0.534. The summed E-state index contributed by atoms with van der Waals surface area (Å²) in [5, 5.41) is 5.65. The van der Waals surface area contributed by atoms with Gasteiger partial charge in [-0.1, -0.05) is 12.1 Å². The fourth-order valence-corrected chi connectivity index (χ4v) is 2.84. The molecule has 0 saturated carbocycles.